The van der Waals surface area contributed by atoms with Crippen LogP contribution < -0.4 is 4.74 Å². The largest absolute Gasteiger partial charge is 0.497 e. The van der Waals surface area contributed by atoms with E-state index in [1.807, 2.05) is 0 Å². The first-order chi connectivity index (χ1) is 9.35. The van der Waals surface area contributed by atoms with Crippen molar-refractivity contribution in [3.63, 3.8) is 0 Å². The third kappa shape index (κ3) is 3.94. The standard InChI is InChI=1S/C12H12FNO6/c1-20-7-2-3-8(9(13)4-7)12(19)14(5-10(15)16)6-11(17)18/h2-4H,5-6H2,1H3,(H,15,16)(H,17,18). The van der Waals surface area contributed by atoms with Crippen molar-refractivity contribution >= 4 is 17.8 Å². The number of nitrogens with zero attached hydrogens (tertiary/aromatic N) is 1. The number of carboxylic acids is 2. The number of halogens is 1. The van der Waals surface area contributed by atoms with Crippen LogP contribution in [0.1, 0.15) is 10.4 Å². The van der Waals surface area contributed by atoms with E-state index in [2.05, 4.69) is 0 Å². The van der Waals surface area contributed by atoms with Gasteiger partial charge in [-0.3, -0.25) is 14.4 Å². The second-order valence-electron chi connectivity index (χ2n) is 3.79. The van der Waals surface area contributed by atoms with Gasteiger partial charge in [0.05, 0.1) is 12.7 Å². The number of ether oxygens (including phenoxy) is 1. The Morgan fingerprint density at radius 1 is 1.20 bits per heavy atom. The lowest BCUT2D eigenvalue weighted by Gasteiger charge is -2.18. The van der Waals surface area contributed by atoms with Crippen molar-refractivity contribution in [1.82, 2.24) is 4.90 Å². The summed E-state index contributed by atoms with van der Waals surface area (Å²) in [6.45, 7) is -1.67. The van der Waals surface area contributed by atoms with Gasteiger partial charge in [0.1, 0.15) is 24.7 Å². The highest BCUT2D eigenvalue weighted by Crippen LogP contribution is 2.17. The van der Waals surface area contributed by atoms with Crippen molar-refractivity contribution in [2.75, 3.05) is 20.2 Å². The number of rotatable bonds is 6. The number of carbonyl (C=O) groups is 3. The van der Waals surface area contributed by atoms with Gasteiger partial charge in [0.2, 0.25) is 0 Å². The van der Waals surface area contributed by atoms with Gasteiger partial charge in [0, 0.05) is 6.07 Å². The SMILES string of the molecule is COc1ccc(C(=O)N(CC(=O)O)CC(=O)O)c(F)c1. The molecule has 0 aromatic heterocycles. The first-order valence-electron chi connectivity index (χ1n) is 5.41. The van der Waals surface area contributed by atoms with E-state index >= 15 is 0 Å². The molecule has 0 unspecified atom stereocenters. The predicted octanol–water partition coefficient (Wildman–Crippen LogP) is 0.446. The third-order valence-electron chi connectivity index (χ3n) is 2.35. The van der Waals surface area contributed by atoms with Crippen molar-refractivity contribution in [2.24, 2.45) is 0 Å². The molecule has 0 aliphatic rings. The van der Waals surface area contributed by atoms with E-state index < -0.39 is 42.3 Å². The van der Waals surface area contributed by atoms with Crippen molar-refractivity contribution < 1.29 is 33.7 Å². The van der Waals surface area contributed by atoms with Crippen LogP contribution in [0.4, 0.5) is 4.39 Å². The minimum atomic E-state index is -1.39. The molecular weight excluding hydrogens is 273 g/mol. The molecule has 0 heterocycles. The lowest BCUT2D eigenvalue weighted by Crippen LogP contribution is -2.39. The second-order valence-corrected chi connectivity index (χ2v) is 3.79. The third-order valence-corrected chi connectivity index (χ3v) is 2.35. The Morgan fingerprint density at radius 2 is 1.75 bits per heavy atom. The van der Waals surface area contributed by atoms with Crippen molar-refractivity contribution in [2.45, 2.75) is 0 Å². The summed E-state index contributed by atoms with van der Waals surface area (Å²) in [5.41, 5.74) is -0.423. The normalized spacial score (nSPS) is 9.90. The summed E-state index contributed by atoms with van der Waals surface area (Å²) < 4.78 is 18.5. The minimum Gasteiger partial charge on any atom is -0.497 e. The fourth-order valence-corrected chi connectivity index (χ4v) is 1.49. The molecule has 2 N–H and O–H groups in total. The smallest absolute Gasteiger partial charge is 0.323 e. The van der Waals surface area contributed by atoms with E-state index in [9.17, 15) is 18.8 Å². The number of amides is 1. The van der Waals surface area contributed by atoms with Crippen LogP contribution in [-0.2, 0) is 9.59 Å². The van der Waals surface area contributed by atoms with Gasteiger partial charge in [-0.1, -0.05) is 0 Å². The van der Waals surface area contributed by atoms with E-state index in [4.69, 9.17) is 14.9 Å². The van der Waals surface area contributed by atoms with E-state index in [0.717, 1.165) is 12.1 Å². The highest BCUT2D eigenvalue weighted by Gasteiger charge is 2.23. The minimum absolute atomic E-state index is 0.182. The summed E-state index contributed by atoms with van der Waals surface area (Å²) in [4.78, 5) is 33.7. The summed E-state index contributed by atoms with van der Waals surface area (Å²) in [6, 6.07) is 3.37. The fourth-order valence-electron chi connectivity index (χ4n) is 1.49. The quantitative estimate of drug-likeness (QED) is 0.786. The van der Waals surface area contributed by atoms with E-state index in [-0.39, 0.29) is 5.75 Å². The molecule has 1 amide bonds. The van der Waals surface area contributed by atoms with Crippen LogP contribution >= 0.6 is 0 Å². The van der Waals surface area contributed by atoms with E-state index in [1.165, 1.54) is 13.2 Å². The maximum Gasteiger partial charge on any atom is 0.323 e. The lowest BCUT2D eigenvalue weighted by molar-refractivity contribution is -0.140. The van der Waals surface area contributed by atoms with Gasteiger partial charge < -0.3 is 19.8 Å². The van der Waals surface area contributed by atoms with Gasteiger partial charge in [-0.25, -0.2) is 4.39 Å². The molecule has 108 valence electrons. The molecule has 0 bridgehead atoms. The molecule has 0 radical (unpaired) electrons. The Hall–Kier alpha value is -2.64. The molecule has 0 spiro atoms. The summed E-state index contributed by atoms with van der Waals surface area (Å²) in [5, 5.41) is 17.3. The van der Waals surface area contributed by atoms with Gasteiger partial charge >= 0.3 is 11.9 Å². The molecule has 0 aliphatic carbocycles. The van der Waals surface area contributed by atoms with Gasteiger partial charge in [-0.15, -0.1) is 0 Å². The number of carboxylic acid groups (broad SMARTS) is 2. The summed E-state index contributed by atoms with van der Waals surface area (Å²) in [7, 11) is 1.32. The van der Waals surface area contributed by atoms with Crippen molar-refractivity contribution in [3.05, 3.63) is 29.6 Å². The van der Waals surface area contributed by atoms with Gasteiger partial charge in [-0.2, -0.15) is 0 Å². The van der Waals surface area contributed by atoms with Crippen LogP contribution in [0.5, 0.6) is 5.75 Å². The Morgan fingerprint density at radius 3 is 2.15 bits per heavy atom. The Kier molecular flexibility index (Phi) is 5.01. The maximum atomic E-state index is 13.7. The molecule has 1 aromatic rings. The Labute approximate surface area is 113 Å². The number of carbonyl (C=O) groups excluding carboxylic acids is 1. The number of benzene rings is 1. The van der Waals surface area contributed by atoms with E-state index in [1.54, 1.807) is 0 Å². The molecule has 0 fully saturated rings. The van der Waals surface area contributed by atoms with Crippen LogP contribution in [-0.4, -0.2) is 53.2 Å². The lowest BCUT2D eigenvalue weighted by atomic mass is 10.1. The first-order valence-corrected chi connectivity index (χ1v) is 5.41. The van der Waals surface area contributed by atoms with E-state index in [0.29, 0.717) is 4.90 Å². The Bertz CT molecular complexity index is 529. The molecule has 8 heteroatoms. The summed E-state index contributed by atoms with van der Waals surface area (Å²) in [6.07, 6.45) is 0. The zero-order valence-corrected chi connectivity index (χ0v) is 10.5. The van der Waals surface area contributed by atoms with Crippen molar-refractivity contribution in [3.8, 4) is 5.75 Å². The molecule has 1 aromatic carbocycles. The predicted molar refractivity (Wildman–Crippen MR) is 64.1 cm³/mol. The fraction of sp³-hybridized carbons (Fsp3) is 0.250. The summed E-state index contributed by atoms with van der Waals surface area (Å²) in [5.74, 6) is -4.55. The van der Waals surface area contributed by atoms with Crippen LogP contribution in [0, 0.1) is 5.82 Å². The molecule has 0 saturated carbocycles. The van der Waals surface area contributed by atoms with Crippen LogP contribution in [0.3, 0.4) is 0 Å². The topological polar surface area (TPSA) is 104 Å². The highest BCUT2D eigenvalue weighted by atomic mass is 19.1. The molecule has 7 nitrogen and oxygen atoms in total. The van der Waals surface area contributed by atoms with Crippen LogP contribution in [0.25, 0.3) is 0 Å². The van der Waals surface area contributed by atoms with Gasteiger partial charge in [0.25, 0.3) is 5.91 Å². The molecule has 0 aliphatic heterocycles. The zero-order chi connectivity index (χ0) is 15.3. The van der Waals surface area contributed by atoms with Gasteiger partial charge in [0.15, 0.2) is 0 Å². The zero-order valence-electron chi connectivity index (χ0n) is 10.5. The van der Waals surface area contributed by atoms with Gasteiger partial charge in [-0.05, 0) is 12.1 Å². The van der Waals surface area contributed by atoms with Crippen molar-refractivity contribution in [1.29, 1.82) is 0 Å². The number of methoxy groups -OCH3 is 1. The molecule has 1 rings (SSSR count). The highest BCUT2D eigenvalue weighted by molar-refractivity contribution is 5.97. The Balaban J connectivity index is 3.04. The molecule has 0 atom stereocenters. The first kappa shape index (κ1) is 15.4. The molecular formula is C12H12FNO6. The monoisotopic (exact) mass is 285 g/mol. The molecule has 0 saturated heterocycles. The second kappa shape index (κ2) is 6.50. The number of aliphatic carboxylic acids is 2. The number of hydrogen-bond donors (Lipinski definition) is 2. The average Bonchev–Trinajstić information content (AvgIpc) is 2.35. The molecule has 20 heavy (non-hydrogen) atoms. The number of hydrogen-bond acceptors (Lipinski definition) is 4. The van der Waals surface area contributed by atoms with Crippen LogP contribution in [0.15, 0.2) is 18.2 Å². The maximum absolute atomic E-state index is 13.7. The van der Waals surface area contributed by atoms with Crippen LogP contribution in [0.2, 0.25) is 0 Å². The average molecular weight is 285 g/mol. The summed E-state index contributed by atoms with van der Waals surface area (Å²) >= 11 is 0.